The molecule has 3 atom stereocenters. The number of benzene rings is 4. The Morgan fingerprint density at radius 3 is 1.26 bits per heavy atom. The lowest BCUT2D eigenvalue weighted by Crippen LogP contribution is -2.19. The molecule has 0 saturated heterocycles. The molecule has 34 heavy (non-hydrogen) atoms. The Balaban J connectivity index is 1.55. The van der Waals surface area contributed by atoms with Gasteiger partial charge in [-0.2, -0.15) is 0 Å². The molecule has 0 spiro atoms. The lowest BCUT2D eigenvalue weighted by atomic mass is 9.77. The van der Waals surface area contributed by atoms with Crippen LogP contribution in [0.3, 0.4) is 0 Å². The van der Waals surface area contributed by atoms with Crippen molar-refractivity contribution >= 4 is 35.5 Å². The molecule has 162 valence electrons. The predicted molar refractivity (Wildman–Crippen MR) is 142 cm³/mol. The van der Waals surface area contributed by atoms with Gasteiger partial charge in [-0.15, -0.1) is 0 Å². The minimum atomic E-state index is -0.604. The number of rotatable bonds is 0. The standard InChI is InChI=1S/C33H24O/c34-33-31-27-17-9-23(10-18-27)3-1-21-5-13-25(14-6-21)29(31)30-26-15-7-22(8-16-26)2-4-24-11-19-28(20-12-24)32(30)33/h1-20,29,31,33-34H/b3-1+,4-2-,22-2?,24-4?,30-26?,32-28?. The van der Waals surface area contributed by atoms with Crippen LogP contribution in [-0.2, 0) is 0 Å². The molecule has 0 fully saturated rings. The van der Waals surface area contributed by atoms with E-state index < -0.39 is 6.10 Å². The van der Waals surface area contributed by atoms with Crippen molar-refractivity contribution in [2.75, 3.05) is 0 Å². The maximum Gasteiger partial charge on any atom is 0.0876 e. The molecule has 9 aliphatic carbocycles. The van der Waals surface area contributed by atoms with Crippen molar-refractivity contribution in [2.24, 2.45) is 0 Å². The Labute approximate surface area is 200 Å². The minimum absolute atomic E-state index is 0.0531. The van der Waals surface area contributed by atoms with Crippen LogP contribution in [0.25, 0.3) is 35.5 Å². The highest BCUT2D eigenvalue weighted by molar-refractivity contribution is 6.00. The molecule has 0 amide bonds. The molecule has 1 heteroatoms. The fourth-order valence-corrected chi connectivity index (χ4v) is 5.85. The van der Waals surface area contributed by atoms with Crippen molar-refractivity contribution < 1.29 is 5.11 Å². The van der Waals surface area contributed by atoms with E-state index >= 15 is 0 Å². The fraction of sp³-hybridized carbons (Fsp3) is 0.0909. The number of hydrogen-bond donors (Lipinski definition) is 1. The van der Waals surface area contributed by atoms with Crippen LogP contribution in [0.1, 0.15) is 56.3 Å². The average Bonchev–Trinajstić information content (AvgIpc) is 3.17. The van der Waals surface area contributed by atoms with E-state index in [4.69, 9.17) is 0 Å². The van der Waals surface area contributed by atoms with Gasteiger partial charge in [0.1, 0.15) is 0 Å². The number of aliphatic hydroxyl groups excluding tert-OH is 1. The Hall–Kier alpha value is -3.94. The quantitative estimate of drug-likeness (QED) is 0.302. The molecule has 3 unspecified atom stereocenters. The third-order valence-electron chi connectivity index (χ3n) is 7.59. The number of allylic oxidation sites excluding steroid dienone is 1. The average molecular weight is 437 g/mol. The van der Waals surface area contributed by atoms with E-state index in [0.717, 1.165) is 16.7 Å². The Morgan fingerprint density at radius 1 is 0.412 bits per heavy atom. The summed E-state index contributed by atoms with van der Waals surface area (Å²) in [5, 5.41) is 12.0. The van der Waals surface area contributed by atoms with Gasteiger partial charge < -0.3 is 5.11 Å². The topological polar surface area (TPSA) is 20.2 Å². The molecule has 1 nitrogen and oxygen atoms in total. The molecule has 0 radical (unpaired) electrons. The first-order chi connectivity index (χ1) is 16.7. The van der Waals surface area contributed by atoms with E-state index in [0.29, 0.717) is 0 Å². The first kappa shape index (κ1) is 19.5. The van der Waals surface area contributed by atoms with Gasteiger partial charge in [-0.25, -0.2) is 0 Å². The molecule has 4 aromatic rings. The van der Waals surface area contributed by atoms with Gasteiger partial charge in [0, 0.05) is 11.8 Å². The van der Waals surface area contributed by atoms with Crippen LogP contribution in [0.5, 0.6) is 0 Å². The van der Waals surface area contributed by atoms with Crippen LogP contribution in [0, 0.1) is 0 Å². The summed E-state index contributed by atoms with van der Waals surface area (Å²) in [7, 11) is 0. The molecule has 0 heterocycles. The molecule has 1 N–H and O–H groups in total. The zero-order valence-corrected chi connectivity index (χ0v) is 18.7. The van der Waals surface area contributed by atoms with Crippen LogP contribution < -0.4 is 0 Å². The number of hydrogen-bond acceptors (Lipinski definition) is 1. The van der Waals surface area contributed by atoms with Crippen LogP contribution in [0.15, 0.2) is 97.1 Å². The largest absolute Gasteiger partial charge is 0.388 e. The maximum atomic E-state index is 12.0. The van der Waals surface area contributed by atoms with Crippen molar-refractivity contribution in [1.29, 1.82) is 0 Å². The fourth-order valence-electron chi connectivity index (χ4n) is 5.85. The lowest BCUT2D eigenvalue weighted by molar-refractivity contribution is 0.202. The second-order valence-electron chi connectivity index (χ2n) is 9.52. The predicted octanol–water partition coefficient (Wildman–Crippen LogP) is 7.51. The summed E-state index contributed by atoms with van der Waals surface area (Å²) in [5.74, 6) is -0.00627. The van der Waals surface area contributed by atoms with Crippen LogP contribution in [0.2, 0.25) is 0 Å². The highest BCUT2D eigenvalue weighted by Gasteiger charge is 2.44. The van der Waals surface area contributed by atoms with Crippen LogP contribution >= 0.6 is 0 Å². The molecule has 0 saturated carbocycles. The second kappa shape index (κ2) is 7.55. The summed E-state index contributed by atoms with van der Waals surface area (Å²) >= 11 is 0. The van der Waals surface area contributed by atoms with Gasteiger partial charge in [0.25, 0.3) is 0 Å². The molecule has 0 aliphatic heterocycles. The third-order valence-corrected chi connectivity index (χ3v) is 7.59. The zero-order valence-electron chi connectivity index (χ0n) is 18.7. The van der Waals surface area contributed by atoms with Gasteiger partial charge in [-0.1, -0.05) is 121 Å². The summed E-state index contributed by atoms with van der Waals surface area (Å²) < 4.78 is 0. The Bertz CT molecular complexity index is 1460. The van der Waals surface area contributed by atoms with Crippen molar-refractivity contribution in [3.05, 3.63) is 142 Å². The van der Waals surface area contributed by atoms with Gasteiger partial charge in [-0.3, -0.25) is 0 Å². The summed E-state index contributed by atoms with van der Waals surface area (Å²) in [5.41, 5.74) is 11.6. The second-order valence-corrected chi connectivity index (χ2v) is 9.52. The summed E-state index contributed by atoms with van der Waals surface area (Å²) in [4.78, 5) is 0. The summed E-state index contributed by atoms with van der Waals surface area (Å²) in [6.07, 6.45) is 8.01. The zero-order chi connectivity index (χ0) is 22.6. The van der Waals surface area contributed by atoms with Crippen molar-refractivity contribution in [3.63, 3.8) is 0 Å². The van der Waals surface area contributed by atoms with Gasteiger partial charge in [-0.05, 0) is 55.7 Å². The van der Waals surface area contributed by atoms with E-state index in [1.54, 1.807) is 0 Å². The molecule has 13 rings (SSSR count). The SMILES string of the molecule is OC1C2=C(c3ccc(cc3)/C=C\c3ccc2cc3)C2c3ccc(cc3)/C=C/c3ccc(cc3)C12. The maximum absolute atomic E-state index is 12.0. The van der Waals surface area contributed by atoms with Crippen LogP contribution in [-0.4, -0.2) is 11.2 Å². The van der Waals surface area contributed by atoms with Gasteiger partial charge in [0.15, 0.2) is 0 Å². The van der Waals surface area contributed by atoms with E-state index in [9.17, 15) is 5.11 Å². The Kier molecular flexibility index (Phi) is 4.33. The van der Waals surface area contributed by atoms with Crippen molar-refractivity contribution in [1.82, 2.24) is 0 Å². The van der Waals surface area contributed by atoms with E-state index in [-0.39, 0.29) is 11.8 Å². The van der Waals surface area contributed by atoms with Crippen molar-refractivity contribution in [2.45, 2.75) is 17.9 Å². The van der Waals surface area contributed by atoms with E-state index in [1.165, 1.54) is 39.0 Å². The van der Waals surface area contributed by atoms with E-state index in [1.807, 2.05) is 0 Å². The summed E-state index contributed by atoms with van der Waals surface area (Å²) in [6, 6.07) is 35.0. The Morgan fingerprint density at radius 2 is 0.794 bits per heavy atom. The van der Waals surface area contributed by atoms with Crippen molar-refractivity contribution in [3.8, 4) is 0 Å². The first-order valence-corrected chi connectivity index (χ1v) is 11.9. The smallest absolute Gasteiger partial charge is 0.0876 e. The third kappa shape index (κ3) is 3.05. The monoisotopic (exact) mass is 436 g/mol. The normalized spacial score (nSPS) is 23.5. The minimum Gasteiger partial charge on any atom is -0.388 e. The van der Waals surface area contributed by atoms with Gasteiger partial charge in [0.2, 0.25) is 0 Å². The number of aliphatic hydroxyl groups is 1. The highest BCUT2D eigenvalue weighted by atomic mass is 16.3. The molecule has 4 aromatic carbocycles. The molecular formula is C33H24O. The van der Waals surface area contributed by atoms with Crippen LogP contribution in [0.4, 0.5) is 0 Å². The van der Waals surface area contributed by atoms with E-state index in [2.05, 4.69) is 121 Å². The molecule has 9 aliphatic rings. The lowest BCUT2D eigenvalue weighted by Gasteiger charge is -2.27. The van der Waals surface area contributed by atoms with Gasteiger partial charge >= 0.3 is 0 Å². The first-order valence-electron chi connectivity index (χ1n) is 11.9. The van der Waals surface area contributed by atoms with Gasteiger partial charge in [0.05, 0.1) is 6.10 Å². The molecule has 8 bridgehead atoms. The molecule has 0 aromatic heterocycles. The highest BCUT2D eigenvalue weighted by Crippen LogP contribution is 2.56. The summed E-state index contributed by atoms with van der Waals surface area (Å²) in [6.45, 7) is 0. The molecular weight excluding hydrogens is 412 g/mol.